The third-order valence-electron chi connectivity index (χ3n) is 3.21. The zero-order valence-electron chi connectivity index (χ0n) is 12.9. The van der Waals surface area contributed by atoms with Crippen molar-refractivity contribution in [2.24, 2.45) is 0 Å². The van der Waals surface area contributed by atoms with Crippen LogP contribution in [0.1, 0.15) is 15.4 Å². The molecule has 0 aliphatic heterocycles. The molecule has 7 heteroatoms. The average Bonchev–Trinajstić information content (AvgIpc) is 3.03. The number of pyridine rings is 1. The Morgan fingerprint density at radius 3 is 3.08 bits per heavy atom. The van der Waals surface area contributed by atoms with Gasteiger partial charge in [0.15, 0.2) is 0 Å². The van der Waals surface area contributed by atoms with Crippen LogP contribution in [0.5, 0.6) is 5.75 Å². The lowest BCUT2D eigenvalue weighted by Gasteiger charge is -2.03. The summed E-state index contributed by atoms with van der Waals surface area (Å²) in [6.45, 7) is 2.24. The van der Waals surface area contributed by atoms with Gasteiger partial charge in [-0.2, -0.15) is 0 Å². The molecule has 0 bridgehead atoms. The molecule has 0 saturated carbocycles. The van der Waals surface area contributed by atoms with Gasteiger partial charge in [-0.3, -0.25) is 9.78 Å². The highest BCUT2D eigenvalue weighted by Crippen LogP contribution is 2.18. The molecule has 3 rings (SSSR count). The normalized spacial score (nSPS) is 10.0. The van der Waals surface area contributed by atoms with Gasteiger partial charge in [-0.05, 0) is 36.7 Å². The standard InChI is InChI=1S/C17H14N4O2S/c1-12-16(24-21-20-12)17(22)19-8-2-3-10-23-14-7-6-13-5-4-9-18-15(13)11-14/h4-7,9,11H,8,10H2,1H3,(H,19,22). The van der Waals surface area contributed by atoms with Gasteiger partial charge >= 0.3 is 0 Å². The summed E-state index contributed by atoms with van der Waals surface area (Å²) in [5.74, 6) is 6.21. The van der Waals surface area contributed by atoms with E-state index >= 15 is 0 Å². The molecule has 0 radical (unpaired) electrons. The van der Waals surface area contributed by atoms with Crippen LogP contribution in [0.15, 0.2) is 36.5 Å². The molecule has 2 aromatic heterocycles. The Kier molecular flexibility index (Phi) is 4.99. The maximum atomic E-state index is 11.8. The molecule has 1 amide bonds. The first-order valence-electron chi connectivity index (χ1n) is 7.24. The lowest BCUT2D eigenvalue weighted by atomic mass is 10.2. The molecule has 0 atom stereocenters. The molecule has 2 heterocycles. The molecular formula is C17H14N4O2S. The van der Waals surface area contributed by atoms with Gasteiger partial charge in [0.1, 0.15) is 17.2 Å². The Labute approximate surface area is 143 Å². The highest BCUT2D eigenvalue weighted by Gasteiger charge is 2.11. The maximum Gasteiger partial charge on any atom is 0.265 e. The fourth-order valence-electron chi connectivity index (χ4n) is 2.01. The number of aryl methyl sites for hydroxylation is 1. The Morgan fingerprint density at radius 2 is 2.25 bits per heavy atom. The Balaban J connectivity index is 1.47. The van der Waals surface area contributed by atoms with Crippen LogP contribution in [0.3, 0.4) is 0 Å². The molecule has 0 spiro atoms. The van der Waals surface area contributed by atoms with Gasteiger partial charge in [-0.15, -0.1) is 5.10 Å². The number of aromatic nitrogens is 3. The highest BCUT2D eigenvalue weighted by molar-refractivity contribution is 7.08. The van der Waals surface area contributed by atoms with E-state index in [2.05, 4.69) is 31.7 Å². The van der Waals surface area contributed by atoms with Crippen LogP contribution in [0.2, 0.25) is 0 Å². The summed E-state index contributed by atoms with van der Waals surface area (Å²) in [6, 6.07) is 9.60. The van der Waals surface area contributed by atoms with Gasteiger partial charge in [0.05, 0.1) is 17.8 Å². The first-order valence-corrected chi connectivity index (χ1v) is 8.02. The van der Waals surface area contributed by atoms with E-state index in [1.165, 1.54) is 0 Å². The first-order chi connectivity index (χ1) is 11.7. The van der Waals surface area contributed by atoms with Crippen molar-refractivity contribution < 1.29 is 9.53 Å². The van der Waals surface area contributed by atoms with Crippen molar-refractivity contribution in [2.45, 2.75) is 6.92 Å². The third-order valence-corrected chi connectivity index (χ3v) is 4.04. The number of amides is 1. The van der Waals surface area contributed by atoms with Crippen molar-refractivity contribution in [1.29, 1.82) is 0 Å². The highest BCUT2D eigenvalue weighted by atomic mass is 32.1. The van der Waals surface area contributed by atoms with Crippen molar-refractivity contribution in [3.05, 3.63) is 47.1 Å². The smallest absolute Gasteiger partial charge is 0.265 e. The fourth-order valence-corrected chi connectivity index (χ4v) is 2.59. The third kappa shape index (κ3) is 3.86. The largest absolute Gasteiger partial charge is 0.481 e. The minimum Gasteiger partial charge on any atom is -0.481 e. The van der Waals surface area contributed by atoms with E-state index in [1.54, 1.807) is 13.1 Å². The van der Waals surface area contributed by atoms with Crippen molar-refractivity contribution >= 4 is 28.3 Å². The molecule has 1 aromatic carbocycles. The number of hydrogen-bond acceptors (Lipinski definition) is 6. The van der Waals surface area contributed by atoms with Gasteiger partial charge in [-0.25, -0.2) is 0 Å². The van der Waals surface area contributed by atoms with E-state index < -0.39 is 0 Å². The minimum absolute atomic E-state index is 0.210. The number of carbonyl (C=O) groups is 1. The van der Waals surface area contributed by atoms with Crippen LogP contribution < -0.4 is 10.1 Å². The second kappa shape index (κ2) is 7.53. The summed E-state index contributed by atoms with van der Waals surface area (Å²) in [5, 5.41) is 7.56. The van der Waals surface area contributed by atoms with Crippen LogP contribution >= 0.6 is 11.5 Å². The topological polar surface area (TPSA) is 77.0 Å². The van der Waals surface area contributed by atoms with E-state index in [4.69, 9.17) is 4.74 Å². The molecule has 24 heavy (non-hydrogen) atoms. The number of ether oxygens (including phenoxy) is 1. The molecular weight excluding hydrogens is 324 g/mol. The molecule has 0 aliphatic carbocycles. The van der Waals surface area contributed by atoms with Crippen LogP contribution in [0.25, 0.3) is 10.9 Å². The number of nitrogens with zero attached hydrogens (tertiary/aromatic N) is 3. The van der Waals surface area contributed by atoms with E-state index in [-0.39, 0.29) is 19.1 Å². The molecule has 0 saturated heterocycles. The number of rotatable bonds is 4. The monoisotopic (exact) mass is 338 g/mol. The van der Waals surface area contributed by atoms with E-state index in [9.17, 15) is 4.79 Å². The van der Waals surface area contributed by atoms with Crippen LogP contribution in [-0.2, 0) is 0 Å². The fraction of sp³-hybridized carbons (Fsp3) is 0.176. The van der Waals surface area contributed by atoms with Gasteiger partial charge in [0, 0.05) is 17.6 Å². The second-order valence-corrected chi connectivity index (χ2v) is 5.62. The molecule has 120 valence electrons. The quantitative estimate of drug-likeness (QED) is 0.738. The van der Waals surface area contributed by atoms with E-state index in [0.29, 0.717) is 16.3 Å². The van der Waals surface area contributed by atoms with E-state index in [0.717, 1.165) is 22.4 Å². The zero-order valence-corrected chi connectivity index (χ0v) is 13.8. The number of fused-ring (bicyclic) bond motifs is 1. The predicted octanol–water partition coefficient (Wildman–Crippen LogP) is 2.21. The average molecular weight is 338 g/mol. The van der Waals surface area contributed by atoms with Crippen molar-refractivity contribution in [1.82, 2.24) is 19.9 Å². The Morgan fingerprint density at radius 1 is 1.33 bits per heavy atom. The second-order valence-electron chi connectivity index (χ2n) is 4.87. The Hall–Kier alpha value is -2.98. The van der Waals surface area contributed by atoms with Gasteiger partial charge in [0.25, 0.3) is 5.91 Å². The summed E-state index contributed by atoms with van der Waals surface area (Å²) in [5.41, 5.74) is 1.50. The predicted molar refractivity (Wildman–Crippen MR) is 92.0 cm³/mol. The van der Waals surface area contributed by atoms with Crippen molar-refractivity contribution in [3.8, 4) is 17.6 Å². The van der Waals surface area contributed by atoms with Crippen molar-refractivity contribution in [2.75, 3.05) is 13.2 Å². The first kappa shape index (κ1) is 15.9. The molecule has 0 unspecified atom stereocenters. The minimum atomic E-state index is -0.210. The Bertz CT molecular complexity index is 927. The molecule has 1 N–H and O–H groups in total. The maximum absolute atomic E-state index is 11.8. The number of carbonyl (C=O) groups excluding carboxylic acids is 1. The van der Waals surface area contributed by atoms with Crippen LogP contribution in [-0.4, -0.2) is 33.6 Å². The zero-order chi connectivity index (χ0) is 16.8. The molecule has 0 aliphatic rings. The summed E-state index contributed by atoms with van der Waals surface area (Å²) >= 11 is 1.07. The van der Waals surface area contributed by atoms with Crippen LogP contribution in [0.4, 0.5) is 0 Å². The van der Waals surface area contributed by atoms with Gasteiger partial charge in [-0.1, -0.05) is 22.4 Å². The number of benzene rings is 1. The van der Waals surface area contributed by atoms with Gasteiger partial charge in [0.2, 0.25) is 0 Å². The summed E-state index contributed by atoms with van der Waals surface area (Å²) in [7, 11) is 0. The summed E-state index contributed by atoms with van der Waals surface area (Å²) < 4.78 is 9.29. The number of nitrogens with one attached hydrogen (secondary N) is 1. The molecule has 6 nitrogen and oxygen atoms in total. The van der Waals surface area contributed by atoms with Gasteiger partial charge < -0.3 is 10.1 Å². The summed E-state index contributed by atoms with van der Waals surface area (Å²) in [4.78, 5) is 16.6. The van der Waals surface area contributed by atoms with Crippen molar-refractivity contribution in [3.63, 3.8) is 0 Å². The number of hydrogen-bond donors (Lipinski definition) is 1. The van der Waals surface area contributed by atoms with Crippen LogP contribution in [0, 0.1) is 18.8 Å². The SMILES string of the molecule is Cc1nnsc1C(=O)NCC#CCOc1ccc2cccnc2c1. The lowest BCUT2D eigenvalue weighted by Crippen LogP contribution is -2.23. The molecule has 0 fully saturated rings. The van der Waals surface area contributed by atoms with E-state index in [1.807, 2.05) is 30.3 Å². The lowest BCUT2D eigenvalue weighted by molar-refractivity contribution is 0.0962. The molecule has 3 aromatic rings. The summed E-state index contributed by atoms with van der Waals surface area (Å²) in [6.07, 6.45) is 1.74.